The Labute approximate surface area is 193 Å². The number of carbonyl (C=O) groups is 1. The normalized spacial score (nSPS) is 13.3. The first-order valence-electron chi connectivity index (χ1n) is 9.97. The lowest BCUT2D eigenvalue weighted by atomic mass is 10.0. The van der Waals surface area contributed by atoms with E-state index in [1.54, 1.807) is 23.0 Å². The Hall–Kier alpha value is -2.42. The number of fused-ring (bicyclic) bond motifs is 1. The molecule has 0 radical (unpaired) electrons. The molecule has 4 rings (SSSR count). The van der Waals surface area contributed by atoms with E-state index in [0.717, 1.165) is 10.4 Å². The summed E-state index contributed by atoms with van der Waals surface area (Å²) in [6.45, 7) is 4.50. The molecular weight excluding hydrogens is 446 g/mol. The zero-order chi connectivity index (χ0) is 22.0. The van der Waals surface area contributed by atoms with Crippen LogP contribution in [0.5, 0.6) is 0 Å². The third kappa shape index (κ3) is 4.61. The van der Waals surface area contributed by atoms with Crippen molar-refractivity contribution in [2.45, 2.75) is 30.2 Å². The Bertz CT molecular complexity index is 1250. The number of carbonyl (C=O) groups excluding carboxylic acids is 1. The van der Waals surface area contributed by atoms with Crippen LogP contribution in [0.1, 0.15) is 25.3 Å². The van der Waals surface area contributed by atoms with Crippen LogP contribution in [0.2, 0.25) is 0 Å². The van der Waals surface area contributed by atoms with Gasteiger partial charge in [-0.25, -0.2) is 4.98 Å². The molecular formula is C23H23N3O2S3. The van der Waals surface area contributed by atoms with Gasteiger partial charge >= 0.3 is 0 Å². The molecule has 3 heterocycles. The fourth-order valence-electron chi connectivity index (χ4n) is 3.28. The van der Waals surface area contributed by atoms with Gasteiger partial charge in [-0.2, -0.15) is 0 Å². The van der Waals surface area contributed by atoms with E-state index in [1.807, 2.05) is 48.0 Å². The van der Waals surface area contributed by atoms with Crippen molar-refractivity contribution < 1.29 is 4.79 Å². The molecule has 1 amide bonds. The van der Waals surface area contributed by atoms with Crippen LogP contribution in [-0.4, -0.2) is 27.3 Å². The second-order valence-corrected chi connectivity index (χ2v) is 10.5. The lowest BCUT2D eigenvalue weighted by Crippen LogP contribution is -2.34. The van der Waals surface area contributed by atoms with Gasteiger partial charge in [0.05, 0.1) is 10.6 Å². The Morgan fingerprint density at radius 3 is 2.65 bits per heavy atom. The van der Waals surface area contributed by atoms with Crippen LogP contribution in [0.25, 0.3) is 20.7 Å². The number of aromatic nitrogens is 2. The minimum atomic E-state index is -0.366. The molecule has 0 saturated heterocycles. The first kappa shape index (κ1) is 21.8. The van der Waals surface area contributed by atoms with Crippen molar-refractivity contribution >= 4 is 50.6 Å². The molecule has 0 aliphatic rings. The van der Waals surface area contributed by atoms with Gasteiger partial charge in [0.25, 0.3) is 5.56 Å². The van der Waals surface area contributed by atoms with Gasteiger partial charge in [-0.1, -0.05) is 55.1 Å². The van der Waals surface area contributed by atoms with Gasteiger partial charge in [-0.3, -0.25) is 14.2 Å². The van der Waals surface area contributed by atoms with Crippen LogP contribution in [0.4, 0.5) is 0 Å². The minimum Gasteiger partial charge on any atom is -0.355 e. The second-order valence-electron chi connectivity index (χ2n) is 7.38. The summed E-state index contributed by atoms with van der Waals surface area (Å²) in [7, 11) is 1.72. The van der Waals surface area contributed by atoms with Crippen molar-refractivity contribution in [3.8, 4) is 10.4 Å². The van der Waals surface area contributed by atoms with Gasteiger partial charge in [0.2, 0.25) is 5.91 Å². The highest BCUT2D eigenvalue weighted by Crippen LogP contribution is 2.34. The topological polar surface area (TPSA) is 64.0 Å². The molecule has 0 aliphatic carbocycles. The number of thiophene rings is 2. The van der Waals surface area contributed by atoms with Gasteiger partial charge in [-0.15, -0.1) is 22.7 Å². The molecule has 8 heteroatoms. The SMILES string of the molecule is CC(Sc1nc2scc(-c3cccs3)c2c(=O)n1C)C(=O)NCC(C)c1ccccc1. The molecule has 0 spiro atoms. The summed E-state index contributed by atoms with van der Waals surface area (Å²) in [6.07, 6.45) is 0. The monoisotopic (exact) mass is 469 g/mol. The molecule has 0 bridgehead atoms. The number of rotatable bonds is 7. The van der Waals surface area contributed by atoms with Crippen molar-refractivity contribution in [3.63, 3.8) is 0 Å². The van der Waals surface area contributed by atoms with Crippen LogP contribution in [0, 0.1) is 0 Å². The maximum absolute atomic E-state index is 13.1. The van der Waals surface area contributed by atoms with Crippen LogP contribution in [0.15, 0.2) is 63.2 Å². The fourth-order valence-corrected chi connectivity index (χ4v) is 5.98. The fraction of sp³-hybridized carbons (Fsp3) is 0.261. The van der Waals surface area contributed by atoms with E-state index in [-0.39, 0.29) is 22.6 Å². The summed E-state index contributed by atoms with van der Waals surface area (Å²) in [5.41, 5.74) is 2.04. The molecule has 2 atom stereocenters. The van der Waals surface area contributed by atoms with Crippen LogP contribution < -0.4 is 10.9 Å². The van der Waals surface area contributed by atoms with Crippen molar-refractivity contribution in [1.82, 2.24) is 14.9 Å². The summed E-state index contributed by atoms with van der Waals surface area (Å²) < 4.78 is 1.55. The van der Waals surface area contributed by atoms with Gasteiger partial charge in [0, 0.05) is 29.4 Å². The lowest BCUT2D eigenvalue weighted by Gasteiger charge is -2.16. The maximum Gasteiger partial charge on any atom is 0.263 e. The molecule has 160 valence electrons. The molecule has 1 aromatic carbocycles. The minimum absolute atomic E-state index is 0.0624. The molecule has 0 fully saturated rings. The first-order valence-corrected chi connectivity index (χ1v) is 12.6. The summed E-state index contributed by atoms with van der Waals surface area (Å²) >= 11 is 4.38. The Balaban J connectivity index is 1.48. The lowest BCUT2D eigenvalue weighted by molar-refractivity contribution is -0.120. The van der Waals surface area contributed by atoms with Crippen LogP contribution in [-0.2, 0) is 11.8 Å². The third-order valence-electron chi connectivity index (χ3n) is 5.16. The van der Waals surface area contributed by atoms with Crippen LogP contribution >= 0.6 is 34.4 Å². The molecule has 2 unspecified atom stereocenters. The summed E-state index contributed by atoms with van der Waals surface area (Å²) in [5, 5.41) is 7.84. The highest BCUT2D eigenvalue weighted by atomic mass is 32.2. The predicted molar refractivity (Wildman–Crippen MR) is 131 cm³/mol. The van der Waals surface area contributed by atoms with E-state index >= 15 is 0 Å². The number of amides is 1. The molecule has 5 nitrogen and oxygen atoms in total. The number of nitrogens with zero attached hydrogens (tertiary/aromatic N) is 2. The number of thioether (sulfide) groups is 1. The van der Waals surface area contributed by atoms with E-state index in [0.29, 0.717) is 21.9 Å². The zero-order valence-corrected chi connectivity index (χ0v) is 19.9. The largest absolute Gasteiger partial charge is 0.355 e. The first-order chi connectivity index (χ1) is 15.0. The summed E-state index contributed by atoms with van der Waals surface area (Å²) in [5.74, 6) is 0.163. The molecule has 4 aromatic rings. The Kier molecular flexibility index (Phi) is 6.60. The highest BCUT2D eigenvalue weighted by molar-refractivity contribution is 8.00. The zero-order valence-electron chi connectivity index (χ0n) is 17.5. The smallest absolute Gasteiger partial charge is 0.263 e. The van der Waals surface area contributed by atoms with E-state index in [4.69, 9.17) is 4.98 Å². The average molecular weight is 470 g/mol. The maximum atomic E-state index is 13.1. The quantitative estimate of drug-likeness (QED) is 0.301. The van der Waals surface area contributed by atoms with E-state index in [2.05, 4.69) is 24.4 Å². The second kappa shape index (κ2) is 9.38. The number of hydrogen-bond donors (Lipinski definition) is 1. The standard InChI is InChI=1S/C23H23N3O2S3/c1-14(16-8-5-4-6-9-16)12-24-20(27)15(2)31-23-25-21-19(22(28)26(23)3)17(13-30-21)18-10-7-11-29-18/h4-11,13-15H,12H2,1-3H3,(H,24,27). The highest BCUT2D eigenvalue weighted by Gasteiger charge is 2.21. The van der Waals surface area contributed by atoms with Gasteiger partial charge in [0.1, 0.15) is 4.83 Å². The van der Waals surface area contributed by atoms with E-state index < -0.39 is 0 Å². The Morgan fingerprint density at radius 2 is 1.94 bits per heavy atom. The molecule has 1 N–H and O–H groups in total. The third-order valence-corrected chi connectivity index (χ3v) is 8.08. The van der Waals surface area contributed by atoms with E-state index in [9.17, 15) is 9.59 Å². The number of benzene rings is 1. The summed E-state index contributed by atoms with van der Waals surface area (Å²) in [6, 6.07) is 14.1. The average Bonchev–Trinajstić information content (AvgIpc) is 3.45. The van der Waals surface area contributed by atoms with Gasteiger partial charge in [-0.05, 0) is 29.9 Å². The van der Waals surface area contributed by atoms with Crippen molar-refractivity contribution in [3.05, 3.63) is 69.1 Å². The van der Waals surface area contributed by atoms with Gasteiger partial charge < -0.3 is 5.32 Å². The number of nitrogens with one attached hydrogen (secondary N) is 1. The molecule has 0 aliphatic heterocycles. The molecule has 31 heavy (non-hydrogen) atoms. The summed E-state index contributed by atoms with van der Waals surface area (Å²) in [4.78, 5) is 32.2. The van der Waals surface area contributed by atoms with Crippen LogP contribution in [0.3, 0.4) is 0 Å². The van der Waals surface area contributed by atoms with Crippen molar-refractivity contribution in [1.29, 1.82) is 0 Å². The van der Waals surface area contributed by atoms with Gasteiger partial charge in [0.15, 0.2) is 5.16 Å². The molecule has 0 saturated carbocycles. The van der Waals surface area contributed by atoms with E-state index in [1.165, 1.54) is 28.7 Å². The Morgan fingerprint density at radius 1 is 1.16 bits per heavy atom. The predicted octanol–water partition coefficient (Wildman–Crippen LogP) is 5.12. The van der Waals surface area contributed by atoms with Crippen molar-refractivity contribution in [2.75, 3.05) is 6.54 Å². The van der Waals surface area contributed by atoms with Crippen molar-refractivity contribution in [2.24, 2.45) is 7.05 Å². The molecule has 3 aromatic heterocycles. The number of hydrogen-bond acceptors (Lipinski definition) is 6.